The zero-order valence-corrected chi connectivity index (χ0v) is 26.5. The first-order valence-corrected chi connectivity index (χ1v) is 14.0. The predicted octanol–water partition coefficient (Wildman–Crippen LogP) is 1.21. The van der Waals surface area contributed by atoms with Gasteiger partial charge in [0.05, 0.1) is 50.5 Å². The number of fused-ring (bicyclic) bond motifs is 1. The zero-order chi connectivity index (χ0) is 32.7. The highest BCUT2D eigenvalue weighted by Gasteiger charge is 2.41. The number of aromatic amines is 1. The van der Waals surface area contributed by atoms with Crippen molar-refractivity contribution in [2.75, 3.05) is 32.6 Å². The Kier molecular flexibility index (Phi) is 9.51. The molecule has 46 heavy (non-hydrogen) atoms. The van der Waals surface area contributed by atoms with Gasteiger partial charge in [0.15, 0.2) is 0 Å². The Hall–Kier alpha value is -4.87. The van der Waals surface area contributed by atoms with Crippen LogP contribution >= 0.6 is 0 Å². The lowest BCUT2D eigenvalue weighted by Crippen LogP contribution is -3.00. The lowest BCUT2D eigenvalue weighted by atomic mass is 9.89. The second-order valence-corrected chi connectivity index (χ2v) is 11.5. The van der Waals surface area contributed by atoms with Gasteiger partial charge in [0.2, 0.25) is 5.95 Å². The van der Waals surface area contributed by atoms with E-state index < -0.39 is 29.4 Å². The Balaban J connectivity index is 0.00000480. The van der Waals surface area contributed by atoms with Crippen molar-refractivity contribution in [2.24, 2.45) is 7.05 Å². The molecular formula is C31H32ClF3N8O3. The summed E-state index contributed by atoms with van der Waals surface area (Å²) in [6.07, 6.45) is -2.28. The quantitative estimate of drug-likeness (QED) is 0.224. The minimum Gasteiger partial charge on any atom is -1.00 e. The van der Waals surface area contributed by atoms with Gasteiger partial charge in [-0.1, -0.05) is 12.1 Å². The van der Waals surface area contributed by atoms with E-state index in [-0.39, 0.29) is 35.3 Å². The first kappa shape index (κ1) is 34.0. The van der Waals surface area contributed by atoms with Crippen molar-refractivity contribution >= 4 is 17.6 Å². The topological polar surface area (TPSA) is 122 Å². The molecule has 1 aliphatic heterocycles. The number of esters is 1. The number of aryl methyl sites for hydroxylation is 1. The summed E-state index contributed by atoms with van der Waals surface area (Å²) in [5.41, 5.74) is 1.32. The average molecular weight is 657 g/mol. The van der Waals surface area contributed by atoms with Crippen molar-refractivity contribution < 1.29 is 39.6 Å². The smallest absolute Gasteiger partial charge is 0.416 e. The summed E-state index contributed by atoms with van der Waals surface area (Å²) in [7, 11) is 7.15. The fourth-order valence-electron chi connectivity index (χ4n) is 5.73. The van der Waals surface area contributed by atoms with E-state index in [0.29, 0.717) is 40.7 Å². The first-order chi connectivity index (χ1) is 21.2. The van der Waals surface area contributed by atoms with Crippen LogP contribution in [0.4, 0.5) is 24.8 Å². The van der Waals surface area contributed by atoms with Crippen molar-refractivity contribution in [3.8, 4) is 6.07 Å². The number of anilines is 2. The van der Waals surface area contributed by atoms with E-state index in [1.54, 1.807) is 29.8 Å². The van der Waals surface area contributed by atoms with E-state index in [0.717, 1.165) is 17.8 Å². The van der Waals surface area contributed by atoms with E-state index in [9.17, 15) is 28.0 Å². The van der Waals surface area contributed by atoms with Crippen LogP contribution in [0.2, 0.25) is 0 Å². The second-order valence-electron chi connectivity index (χ2n) is 11.5. The van der Waals surface area contributed by atoms with Crippen LogP contribution in [0.15, 0.2) is 70.8 Å². The highest BCUT2D eigenvalue weighted by atomic mass is 35.5. The van der Waals surface area contributed by atoms with E-state index in [1.807, 2.05) is 19.3 Å². The van der Waals surface area contributed by atoms with Gasteiger partial charge in [0, 0.05) is 31.0 Å². The third-order valence-electron chi connectivity index (χ3n) is 7.89. The molecule has 0 unspecified atom stereocenters. The van der Waals surface area contributed by atoms with E-state index >= 15 is 0 Å². The summed E-state index contributed by atoms with van der Waals surface area (Å²) in [4.78, 5) is 28.2. The van der Waals surface area contributed by atoms with Crippen LogP contribution in [-0.2, 0) is 35.7 Å². The molecule has 11 nitrogen and oxygen atoms in total. The molecule has 2 aromatic heterocycles. The molecule has 0 aliphatic carbocycles. The summed E-state index contributed by atoms with van der Waals surface area (Å²) < 4.78 is 49.6. The molecular weight excluding hydrogens is 625 g/mol. The molecule has 1 atom stereocenters. The number of ether oxygens (including phenoxy) is 1. The van der Waals surface area contributed by atoms with Crippen LogP contribution in [0, 0.1) is 11.3 Å². The van der Waals surface area contributed by atoms with Crippen LogP contribution in [-0.4, -0.2) is 62.7 Å². The number of likely N-dealkylation sites (N-methyl/N-ethyl adjacent to an activating group) is 1. The molecule has 1 N–H and O–H groups in total. The fraction of sp³-hybridized carbons (Fsp3) is 0.323. The highest BCUT2D eigenvalue weighted by molar-refractivity contribution is 5.93. The summed E-state index contributed by atoms with van der Waals surface area (Å²) in [6, 6.07) is 12.6. The number of nitrogens with one attached hydrogen (secondary N) is 1. The summed E-state index contributed by atoms with van der Waals surface area (Å²) in [6.45, 7) is 2.82. The van der Waals surface area contributed by atoms with Crippen LogP contribution in [0.3, 0.4) is 0 Å². The number of halogens is 4. The number of nitriles is 1. The zero-order valence-electron chi connectivity index (χ0n) is 25.8. The summed E-state index contributed by atoms with van der Waals surface area (Å²) >= 11 is 0. The third kappa shape index (κ3) is 6.56. The third-order valence-corrected chi connectivity index (χ3v) is 7.89. The van der Waals surface area contributed by atoms with Gasteiger partial charge >= 0.3 is 17.8 Å². The molecule has 15 heteroatoms. The molecule has 0 saturated carbocycles. The Morgan fingerprint density at radius 1 is 1.17 bits per heavy atom. The van der Waals surface area contributed by atoms with Crippen LogP contribution in [0.25, 0.3) is 0 Å². The van der Waals surface area contributed by atoms with Gasteiger partial charge in [-0.25, -0.2) is 19.3 Å². The van der Waals surface area contributed by atoms with Crippen LogP contribution in [0.1, 0.15) is 40.9 Å². The van der Waals surface area contributed by atoms with Crippen molar-refractivity contribution in [3.05, 3.63) is 104 Å². The van der Waals surface area contributed by atoms with Crippen molar-refractivity contribution in [3.63, 3.8) is 0 Å². The molecule has 5 rings (SSSR count). The monoisotopic (exact) mass is 656 g/mol. The number of alkyl halides is 3. The molecule has 3 heterocycles. The number of aromatic nitrogens is 5. The van der Waals surface area contributed by atoms with Gasteiger partial charge in [-0.3, -0.25) is 9.58 Å². The van der Waals surface area contributed by atoms with Gasteiger partial charge in [0.1, 0.15) is 18.3 Å². The molecule has 0 saturated heterocycles. The Morgan fingerprint density at radius 2 is 1.91 bits per heavy atom. The normalized spacial score (nSPS) is 14.8. The maximum absolute atomic E-state index is 13.7. The largest absolute Gasteiger partial charge is 1.00 e. The maximum atomic E-state index is 13.7. The Bertz CT molecular complexity index is 1900. The standard InChI is InChI=1S/C31H31F3N8O3.ClH/c1-19-26(28(43)45-5)27(41-29(36-37-30(41)44)40(19)24-8-6-7-22(16-24)31(32,33)34)25-10-9-20(17-35)15-21(25)12-14-42(3,4)18-23-11-13-39(2)38-23;/h6-11,13,15-16,27H,12,14,18H2,1-5H3;1H/t27-;/m1./s1. The average Bonchev–Trinajstić information content (AvgIpc) is 3.58. The number of carbonyl (C=O) groups excluding carboxylic acids is 1. The maximum Gasteiger partial charge on any atom is 0.416 e. The van der Waals surface area contributed by atoms with Gasteiger partial charge in [0.25, 0.3) is 0 Å². The Morgan fingerprint density at radius 3 is 2.54 bits per heavy atom. The van der Waals surface area contributed by atoms with Gasteiger partial charge < -0.3 is 21.6 Å². The fourth-order valence-corrected chi connectivity index (χ4v) is 5.73. The molecule has 0 radical (unpaired) electrons. The van der Waals surface area contributed by atoms with Crippen molar-refractivity contribution in [1.82, 2.24) is 24.5 Å². The van der Waals surface area contributed by atoms with Gasteiger partial charge in [-0.05, 0) is 54.4 Å². The summed E-state index contributed by atoms with van der Waals surface area (Å²) in [5, 5.41) is 20.8. The predicted molar refractivity (Wildman–Crippen MR) is 158 cm³/mol. The SMILES string of the molecule is COC(=O)C1=C(C)N(c2cccc(C(F)(F)F)c2)c2n[nH]c(=O)n2[C@@H]1c1ccc(C#N)cc1CC[N+](C)(C)Cc1ccn(C)n1.[Cl-]. The number of nitrogens with zero attached hydrogens (tertiary/aromatic N) is 7. The molecule has 1 aliphatic rings. The first-order valence-electron chi connectivity index (χ1n) is 14.0. The number of hydrogen-bond donors (Lipinski definition) is 1. The molecule has 0 spiro atoms. The van der Waals surface area contributed by atoms with E-state index in [2.05, 4.69) is 35.5 Å². The number of carbonyl (C=O) groups is 1. The lowest BCUT2D eigenvalue weighted by molar-refractivity contribution is -0.903. The molecule has 0 fully saturated rings. The second kappa shape index (κ2) is 12.9. The number of quaternary nitrogens is 1. The van der Waals surface area contributed by atoms with Crippen molar-refractivity contribution in [2.45, 2.75) is 32.1 Å². The van der Waals surface area contributed by atoms with E-state index in [1.165, 1.54) is 28.7 Å². The molecule has 0 bridgehead atoms. The van der Waals surface area contributed by atoms with Crippen molar-refractivity contribution in [1.29, 1.82) is 5.26 Å². The number of H-pyrrole nitrogens is 1. The lowest BCUT2D eigenvalue weighted by Gasteiger charge is -2.36. The number of methoxy groups -OCH3 is 1. The highest BCUT2D eigenvalue weighted by Crippen LogP contribution is 2.43. The molecule has 4 aromatic rings. The summed E-state index contributed by atoms with van der Waals surface area (Å²) in [5.74, 6) is -0.772. The molecule has 0 amide bonds. The van der Waals surface area contributed by atoms with Crippen LogP contribution in [0.5, 0.6) is 0 Å². The number of benzene rings is 2. The van der Waals surface area contributed by atoms with Gasteiger partial charge in [-0.15, -0.1) is 5.10 Å². The molecule has 2 aromatic carbocycles. The molecule has 242 valence electrons. The van der Waals surface area contributed by atoms with Crippen LogP contribution < -0.4 is 23.0 Å². The minimum atomic E-state index is -4.62. The number of rotatable bonds is 8. The number of allylic oxidation sites excluding steroid dienone is 1. The van der Waals surface area contributed by atoms with Gasteiger partial charge in [-0.2, -0.15) is 23.5 Å². The minimum absolute atomic E-state index is 0. The van der Waals surface area contributed by atoms with E-state index in [4.69, 9.17) is 4.74 Å². The number of hydrogen-bond acceptors (Lipinski definition) is 7. The Labute approximate surface area is 269 Å².